The average molecular weight is 488 g/mol. The van der Waals surface area contributed by atoms with Crippen molar-refractivity contribution in [1.29, 1.82) is 0 Å². The Balaban J connectivity index is 1.48. The minimum absolute atomic E-state index is 0.326. The lowest BCUT2D eigenvalue weighted by molar-refractivity contribution is 0.410. The Morgan fingerprint density at radius 2 is 1.87 bits per heavy atom. The van der Waals surface area contributed by atoms with E-state index in [0.717, 1.165) is 58.5 Å². The van der Waals surface area contributed by atoms with E-state index in [0.29, 0.717) is 23.7 Å². The van der Waals surface area contributed by atoms with Crippen LogP contribution < -0.4 is 16.4 Å². The molecule has 0 atom stereocenters. The maximum atomic E-state index is 6.47. The van der Waals surface area contributed by atoms with Crippen molar-refractivity contribution in [1.82, 2.24) is 15.0 Å². The molecule has 1 aliphatic rings. The second kappa shape index (κ2) is 9.73. The van der Waals surface area contributed by atoms with Crippen LogP contribution in [0.1, 0.15) is 31.2 Å². The van der Waals surface area contributed by atoms with Gasteiger partial charge in [0.25, 0.3) is 0 Å². The zero-order valence-electron chi connectivity index (χ0n) is 16.5. The summed E-state index contributed by atoms with van der Waals surface area (Å²) in [6.07, 6.45) is 11.3. The molecule has 8 heteroatoms. The van der Waals surface area contributed by atoms with E-state index in [1.54, 1.807) is 18.6 Å². The quantitative estimate of drug-likeness (QED) is 0.440. The highest BCUT2D eigenvalue weighted by atomic mass is 79.9. The fraction of sp³-hybridized carbons (Fsp3) is 0.318. The second-order valence-electron chi connectivity index (χ2n) is 7.60. The van der Waals surface area contributed by atoms with Gasteiger partial charge < -0.3 is 16.4 Å². The number of halogens is 2. The van der Waals surface area contributed by atoms with Crippen molar-refractivity contribution in [2.24, 2.45) is 5.73 Å². The summed E-state index contributed by atoms with van der Waals surface area (Å²) in [6, 6.07) is 8.72. The number of nitrogens with one attached hydrogen (secondary N) is 2. The fourth-order valence-electron chi connectivity index (χ4n) is 3.65. The fourth-order valence-corrected chi connectivity index (χ4v) is 4.28. The summed E-state index contributed by atoms with van der Waals surface area (Å²) in [7, 11) is 0. The van der Waals surface area contributed by atoms with Gasteiger partial charge in [0, 0.05) is 53.5 Å². The first-order valence-corrected chi connectivity index (χ1v) is 11.2. The molecule has 0 amide bonds. The van der Waals surface area contributed by atoms with Gasteiger partial charge in [0.1, 0.15) is 11.6 Å². The molecule has 0 unspecified atom stereocenters. The molecule has 156 valence electrons. The first-order valence-electron chi connectivity index (χ1n) is 10.0. The van der Waals surface area contributed by atoms with Crippen molar-refractivity contribution in [3.05, 3.63) is 64.1 Å². The summed E-state index contributed by atoms with van der Waals surface area (Å²) >= 11 is 9.92. The van der Waals surface area contributed by atoms with Gasteiger partial charge in [-0.1, -0.05) is 11.6 Å². The van der Waals surface area contributed by atoms with Gasteiger partial charge in [-0.3, -0.25) is 4.98 Å². The highest BCUT2D eigenvalue weighted by molar-refractivity contribution is 9.10. The van der Waals surface area contributed by atoms with Gasteiger partial charge in [0.05, 0.1) is 5.02 Å². The molecule has 1 aliphatic carbocycles. The largest absolute Gasteiger partial charge is 0.367 e. The first kappa shape index (κ1) is 21.0. The van der Waals surface area contributed by atoms with Gasteiger partial charge in [0.2, 0.25) is 0 Å². The molecule has 3 aromatic heterocycles. The van der Waals surface area contributed by atoms with Crippen molar-refractivity contribution in [3.63, 3.8) is 0 Å². The molecule has 3 aromatic rings. The third-order valence-electron chi connectivity index (χ3n) is 5.29. The topological polar surface area (TPSA) is 88.8 Å². The molecule has 0 radical (unpaired) electrons. The molecule has 0 bridgehead atoms. The first-order chi connectivity index (χ1) is 14.6. The van der Waals surface area contributed by atoms with E-state index in [4.69, 9.17) is 17.3 Å². The summed E-state index contributed by atoms with van der Waals surface area (Å²) in [5.41, 5.74) is 9.00. The summed E-state index contributed by atoms with van der Waals surface area (Å²) in [4.78, 5) is 13.1. The van der Waals surface area contributed by atoms with Gasteiger partial charge in [-0.05, 0) is 77.0 Å². The second-order valence-corrected chi connectivity index (χ2v) is 8.92. The number of pyridine rings is 3. The lowest BCUT2D eigenvalue weighted by atomic mass is 9.92. The number of hydrogen-bond acceptors (Lipinski definition) is 6. The van der Waals surface area contributed by atoms with E-state index in [9.17, 15) is 0 Å². The van der Waals surface area contributed by atoms with Crippen LogP contribution in [0.2, 0.25) is 5.02 Å². The Morgan fingerprint density at radius 3 is 2.67 bits per heavy atom. The molecule has 4 N–H and O–H groups in total. The van der Waals surface area contributed by atoms with Crippen molar-refractivity contribution in [3.8, 4) is 11.1 Å². The van der Waals surface area contributed by atoms with Gasteiger partial charge >= 0.3 is 0 Å². The summed E-state index contributed by atoms with van der Waals surface area (Å²) in [6.45, 7) is 0.629. The lowest BCUT2D eigenvalue weighted by Gasteiger charge is -2.27. The van der Waals surface area contributed by atoms with Crippen LogP contribution in [0.4, 0.5) is 11.6 Å². The zero-order valence-corrected chi connectivity index (χ0v) is 18.8. The molecule has 4 rings (SSSR count). The molecule has 3 heterocycles. The molecule has 6 nitrogen and oxygen atoms in total. The molecular formula is C22H24BrClN6. The number of nitrogens with zero attached hydrogens (tertiary/aromatic N) is 3. The molecule has 0 aliphatic heterocycles. The average Bonchev–Trinajstić information content (AvgIpc) is 2.75. The van der Waals surface area contributed by atoms with Crippen molar-refractivity contribution < 1.29 is 0 Å². The maximum absolute atomic E-state index is 6.47. The Hall–Kier alpha value is -2.22. The third-order valence-corrected chi connectivity index (χ3v) is 6.02. The number of anilines is 2. The standard InChI is InChI=1S/C22H24BrClN6/c23-16-7-14(10-26-12-16)11-28-21-8-15(5-6-27-21)19-9-22(29-13-20(19)24)30-18-3-1-17(25)2-4-18/h5-10,12-13,17-18H,1-4,11,25H2,(H,27,28)(H,29,30). The Labute approximate surface area is 189 Å². The van der Waals surface area contributed by atoms with Crippen LogP contribution in [-0.2, 0) is 6.54 Å². The molecule has 0 spiro atoms. The third kappa shape index (κ3) is 5.47. The smallest absolute Gasteiger partial charge is 0.126 e. The van der Waals surface area contributed by atoms with Gasteiger partial charge in [-0.2, -0.15) is 0 Å². The van der Waals surface area contributed by atoms with E-state index in [-0.39, 0.29) is 0 Å². The summed E-state index contributed by atoms with van der Waals surface area (Å²) in [5, 5.41) is 7.49. The van der Waals surface area contributed by atoms with Crippen LogP contribution >= 0.6 is 27.5 Å². The van der Waals surface area contributed by atoms with Gasteiger partial charge in [-0.25, -0.2) is 9.97 Å². The van der Waals surface area contributed by atoms with E-state index in [2.05, 4.69) is 41.5 Å². The maximum Gasteiger partial charge on any atom is 0.126 e. The molecule has 1 fully saturated rings. The number of nitrogens with two attached hydrogens (primary N) is 1. The molecule has 30 heavy (non-hydrogen) atoms. The highest BCUT2D eigenvalue weighted by Gasteiger charge is 2.19. The van der Waals surface area contributed by atoms with Crippen LogP contribution in [0, 0.1) is 0 Å². The van der Waals surface area contributed by atoms with Crippen LogP contribution in [-0.4, -0.2) is 27.0 Å². The molecule has 0 aromatic carbocycles. The minimum atomic E-state index is 0.326. The van der Waals surface area contributed by atoms with Gasteiger partial charge in [-0.15, -0.1) is 0 Å². The van der Waals surface area contributed by atoms with Crippen molar-refractivity contribution in [2.75, 3.05) is 10.6 Å². The Kier molecular flexibility index (Phi) is 6.82. The molecule has 0 saturated heterocycles. The SMILES string of the molecule is NC1CCC(Nc2cc(-c3ccnc(NCc4cncc(Br)c4)c3)c(Cl)cn2)CC1. The van der Waals surface area contributed by atoms with Crippen LogP contribution in [0.3, 0.4) is 0 Å². The van der Waals surface area contributed by atoms with E-state index in [1.807, 2.05) is 30.5 Å². The van der Waals surface area contributed by atoms with Crippen molar-refractivity contribution >= 4 is 39.2 Å². The van der Waals surface area contributed by atoms with E-state index >= 15 is 0 Å². The Bertz CT molecular complexity index is 1010. The summed E-state index contributed by atoms with van der Waals surface area (Å²) < 4.78 is 0.951. The van der Waals surface area contributed by atoms with E-state index < -0.39 is 0 Å². The molecular weight excluding hydrogens is 464 g/mol. The van der Waals surface area contributed by atoms with Crippen molar-refractivity contribution in [2.45, 2.75) is 44.3 Å². The normalized spacial score (nSPS) is 18.8. The number of hydrogen-bond donors (Lipinski definition) is 3. The minimum Gasteiger partial charge on any atom is -0.367 e. The number of rotatable bonds is 6. The zero-order chi connectivity index (χ0) is 20.9. The highest BCUT2D eigenvalue weighted by Crippen LogP contribution is 2.31. The van der Waals surface area contributed by atoms with Crippen LogP contribution in [0.15, 0.2) is 53.5 Å². The Morgan fingerprint density at radius 1 is 1.03 bits per heavy atom. The monoisotopic (exact) mass is 486 g/mol. The predicted octanol–water partition coefficient (Wildman–Crippen LogP) is 5.25. The van der Waals surface area contributed by atoms with Gasteiger partial charge in [0.15, 0.2) is 0 Å². The lowest BCUT2D eigenvalue weighted by Crippen LogP contribution is -2.33. The molecule has 1 saturated carbocycles. The predicted molar refractivity (Wildman–Crippen MR) is 126 cm³/mol. The van der Waals surface area contributed by atoms with E-state index in [1.165, 1.54) is 0 Å². The van der Waals surface area contributed by atoms with Crippen LogP contribution in [0.5, 0.6) is 0 Å². The van der Waals surface area contributed by atoms with Crippen LogP contribution in [0.25, 0.3) is 11.1 Å². The summed E-state index contributed by atoms with van der Waals surface area (Å²) in [5.74, 6) is 1.61. The number of aromatic nitrogens is 3.